The van der Waals surface area contributed by atoms with Crippen molar-refractivity contribution in [2.45, 2.75) is 31.8 Å². The second-order valence-corrected chi connectivity index (χ2v) is 8.26. The number of ketones is 2. The molecule has 0 aromatic carbocycles. The molecule has 2 atom stereocenters. The molecule has 6 nitrogen and oxygen atoms in total. The Labute approximate surface area is 156 Å². The molecule has 6 heteroatoms. The summed E-state index contributed by atoms with van der Waals surface area (Å²) >= 11 is 0. The van der Waals surface area contributed by atoms with Crippen molar-refractivity contribution in [3.63, 3.8) is 0 Å². The van der Waals surface area contributed by atoms with E-state index in [0.717, 1.165) is 23.5 Å². The van der Waals surface area contributed by atoms with Crippen molar-refractivity contribution < 1.29 is 18.8 Å². The molecular weight excluding hydrogens is 330 g/mol. The second kappa shape index (κ2) is 7.00. The molecule has 142 valence electrons. The van der Waals surface area contributed by atoms with Gasteiger partial charge in [-0.1, -0.05) is 6.92 Å². The first-order chi connectivity index (χ1) is 12.2. The summed E-state index contributed by atoms with van der Waals surface area (Å²) in [7, 11) is 8.06. The molecule has 0 amide bonds. The van der Waals surface area contributed by atoms with Gasteiger partial charge in [0.2, 0.25) is 11.7 Å². The predicted molar refractivity (Wildman–Crippen MR) is 100 cm³/mol. The van der Waals surface area contributed by atoms with Crippen LogP contribution in [0.2, 0.25) is 0 Å². The lowest BCUT2D eigenvalue weighted by atomic mass is 9.88. The summed E-state index contributed by atoms with van der Waals surface area (Å²) in [6.45, 7) is 3.86. The molecule has 0 radical (unpaired) electrons. The Morgan fingerprint density at radius 3 is 2.73 bits per heavy atom. The fraction of sp³-hybridized carbons (Fsp3) is 0.600. The summed E-state index contributed by atoms with van der Waals surface area (Å²) in [4.78, 5) is 29.0. The van der Waals surface area contributed by atoms with Gasteiger partial charge in [-0.25, -0.2) is 0 Å². The zero-order valence-electron chi connectivity index (χ0n) is 16.5. The highest BCUT2D eigenvalue weighted by molar-refractivity contribution is 6.03. The number of ether oxygens (including phenoxy) is 1. The van der Waals surface area contributed by atoms with E-state index in [-0.39, 0.29) is 23.7 Å². The fourth-order valence-corrected chi connectivity index (χ4v) is 4.18. The molecule has 3 aliphatic rings. The molecule has 26 heavy (non-hydrogen) atoms. The molecule has 2 aliphatic heterocycles. The van der Waals surface area contributed by atoms with Gasteiger partial charge in [-0.05, 0) is 44.3 Å². The number of hydrogen-bond donors (Lipinski definition) is 0. The molecule has 2 heterocycles. The minimum Gasteiger partial charge on any atom is -0.479 e. The number of likely N-dealkylation sites (N-methyl/N-ethyl adjacent to an activating group) is 2. The fourth-order valence-electron chi connectivity index (χ4n) is 4.18. The highest BCUT2D eigenvalue weighted by Crippen LogP contribution is 2.43. The standard InChI is InChI=1S/C20H30N3O3/c1-6-9-26-20-15-8-7-14(24)10-16(15)17-11-18(19(25)12-21(2)3)23(4,5)13-22(17)20/h7-8,10,17-18H,6,9,11-13H2,1-5H3/q+1. The molecular formula is C20H30N3O3+. The van der Waals surface area contributed by atoms with Crippen LogP contribution in [0, 0.1) is 0 Å². The summed E-state index contributed by atoms with van der Waals surface area (Å²) in [5.41, 5.74) is 2.01. The number of fused-ring (bicyclic) bond motifs is 3. The van der Waals surface area contributed by atoms with Gasteiger partial charge in [0.15, 0.2) is 18.5 Å². The minimum atomic E-state index is -0.0904. The SMILES string of the molecule is CCCOC1=C2C=CC(=O)C=C2C2CC(C(=O)CN(C)C)[N+](C)(C)CN12. The van der Waals surface area contributed by atoms with E-state index in [1.807, 2.05) is 25.1 Å². The third kappa shape index (κ3) is 3.35. The average Bonchev–Trinajstić information content (AvgIpc) is 2.82. The van der Waals surface area contributed by atoms with E-state index in [9.17, 15) is 9.59 Å². The van der Waals surface area contributed by atoms with Crippen LogP contribution in [0.25, 0.3) is 0 Å². The molecule has 1 aliphatic carbocycles. The molecule has 0 spiro atoms. The predicted octanol–water partition coefficient (Wildman–Crippen LogP) is 1.31. The van der Waals surface area contributed by atoms with Crippen LogP contribution in [0.15, 0.2) is 35.3 Å². The van der Waals surface area contributed by atoms with Gasteiger partial charge in [0, 0.05) is 12.0 Å². The maximum atomic E-state index is 12.9. The lowest BCUT2D eigenvalue weighted by Crippen LogP contribution is -2.65. The Balaban J connectivity index is 1.93. The van der Waals surface area contributed by atoms with Crippen molar-refractivity contribution in [1.29, 1.82) is 0 Å². The maximum absolute atomic E-state index is 12.9. The van der Waals surface area contributed by atoms with Gasteiger partial charge in [-0.3, -0.25) is 14.5 Å². The first kappa shape index (κ1) is 18.9. The molecule has 0 saturated carbocycles. The van der Waals surface area contributed by atoms with E-state index in [4.69, 9.17) is 4.74 Å². The van der Waals surface area contributed by atoms with Crippen molar-refractivity contribution in [2.24, 2.45) is 0 Å². The van der Waals surface area contributed by atoms with Crippen LogP contribution in [0.3, 0.4) is 0 Å². The van der Waals surface area contributed by atoms with Crippen molar-refractivity contribution in [2.75, 3.05) is 48.0 Å². The zero-order chi connectivity index (χ0) is 19.1. The van der Waals surface area contributed by atoms with E-state index < -0.39 is 0 Å². The van der Waals surface area contributed by atoms with E-state index in [0.29, 0.717) is 30.7 Å². The average molecular weight is 360 g/mol. The summed E-state index contributed by atoms with van der Waals surface area (Å²) in [5.74, 6) is 1.12. The van der Waals surface area contributed by atoms with E-state index in [1.54, 1.807) is 12.2 Å². The lowest BCUT2D eigenvalue weighted by Gasteiger charge is -2.48. The van der Waals surface area contributed by atoms with Crippen molar-refractivity contribution >= 4 is 11.6 Å². The van der Waals surface area contributed by atoms with Gasteiger partial charge in [0.1, 0.15) is 0 Å². The van der Waals surface area contributed by atoms with Gasteiger partial charge in [-0.15, -0.1) is 0 Å². The number of carbonyl (C=O) groups is 2. The molecule has 1 saturated heterocycles. The summed E-state index contributed by atoms with van der Waals surface area (Å²) in [6.07, 6.45) is 6.82. The number of Topliss-reactive ketones (excluding diaryl/α,β-unsaturated/α-hetero) is 1. The van der Waals surface area contributed by atoms with Crippen molar-refractivity contribution in [3.8, 4) is 0 Å². The Morgan fingerprint density at radius 2 is 2.08 bits per heavy atom. The second-order valence-electron chi connectivity index (χ2n) is 8.26. The monoisotopic (exact) mass is 360 g/mol. The molecule has 0 aromatic rings. The minimum absolute atomic E-state index is 0.0101. The Hall–Kier alpha value is -1.92. The summed E-state index contributed by atoms with van der Waals surface area (Å²) < 4.78 is 6.68. The number of allylic oxidation sites excluding steroid dienone is 3. The summed E-state index contributed by atoms with van der Waals surface area (Å²) in [5, 5.41) is 0. The van der Waals surface area contributed by atoms with Crippen LogP contribution in [0.1, 0.15) is 19.8 Å². The van der Waals surface area contributed by atoms with Gasteiger partial charge in [0.05, 0.1) is 33.3 Å². The maximum Gasteiger partial charge on any atom is 0.203 e. The number of carbonyl (C=O) groups excluding carboxylic acids is 2. The van der Waals surface area contributed by atoms with E-state index >= 15 is 0 Å². The Bertz CT molecular complexity index is 703. The highest BCUT2D eigenvalue weighted by atomic mass is 16.5. The van der Waals surface area contributed by atoms with Gasteiger partial charge in [0.25, 0.3) is 0 Å². The Kier molecular flexibility index (Phi) is 5.08. The van der Waals surface area contributed by atoms with E-state index in [1.165, 1.54) is 0 Å². The van der Waals surface area contributed by atoms with Crippen LogP contribution in [-0.2, 0) is 14.3 Å². The number of quaternary nitrogens is 1. The van der Waals surface area contributed by atoms with Gasteiger partial charge in [-0.2, -0.15) is 0 Å². The van der Waals surface area contributed by atoms with Gasteiger partial charge < -0.3 is 14.1 Å². The molecule has 0 bridgehead atoms. The summed E-state index contributed by atoms with van der Waals surface area (Å²) in [6, 6.07) is -0.0552. The molecule has 3 rings (SSSR count). The zero-order valence-corrected chi connectivity index (χ0v) is 16.5. The smallest absolute Gasteiger partial charge is 0.203 e. The third-order valence-corrected chi connectivity index (χ3v) is 5.34. The first-order valence-electron chi connectivity index (χ1n) is 9.32. The van der Waals surface area contributed by atoms with Crippen molar-refractivity contribution in [1.82, 2.24) is 9.80 Å². The normalized spacial score (nSPS) is 26.8. The quantitative estimate of drug-likeness (QED) is 0.669. The first-order valence-corrected chi connectivity index (χ1v) is 9.32. The molecule has 0 N–H and O–H groups in total. The largest absolute Gasteiger partial charge is 0.479 e. The van der Waals surface area contributed by atoms with Crippen LogP contribution in [0.4, 0.5) is 0 Å². The van der Waals surface area contributed by atoms with Crippen LogP contribution >= 0.6 is 0 Å². The van der Waals surface area contributed by atoms with Gasteiger partial charge >= 0.3 is 0 Å². The number of rotatable bonds is 6. The third-order valence-electron chi connectivity index (χ3n) is 5.34. The van der Waals surface area contributed by atoms with Crippen LogP contribution < -0.4 is 0 Å². The Morgan fingerprint density at radius 1 is 1.35 bits per heavy atom. The van der Waals surface area contributed by atoms with Crippen LogP contribution in [-0.4, -0.2) is 85.9 Å². The number of hydrogen-bond acceptors (Lipinski definition) is 5. The molecule has 0 aromatic heterocycles. The highest BCUT2D eigenvalue weighted by Gasteiger charge is 2.51. The lowest BCUT2D eigenvalue weighted by molar-refractivity contribution is -0.921. The number of nitrogens with zero attached hydrogens (tertiary/aromatic N) is 3. The van der Waals surface area contributed by atoms with Crippen LogP contribution in [0.5, 0.6) is 0 Å². The topological polar surface area (TPSA) is 49.9 Å². The molecule has 1 fully saturated rings. The van der Waals surface area contributed by atoms with Crippen molar-refractivity contribution in [3.05, 3.63) is 35.3 Å². The van der Waals surface area contributed by atoms with E-state index in [2.05, 4.69) is 25.9 Å². The molecule has 2 unspecified atom stereocenters.